The molecule has 0 radical (unpaired) electrons. The summed E-state index contributed by atoms with van der Waals surface area (Å²) in [7, 11) is -3.63. The molecule has 0 aromatic heterocycles. The van der Waals surface area contributed by atoms with E-state index in [9.17, 15) is 28.5 Å². The van der Waals surface area contributed by atoms with Gasteiger partial charge in [-0.25, -0.2) is 13.1 Å². The number of carbonyl (C=O) groups excluding carboxylic acids is 1. The van der Waals surface area contributed by atoms with Crippen LogP contribution in [0.15, 0.2) is 59.5 Å². The number of amides is 1. The van der Waals surface area contributed by atoms with Crippen LogP contribution in [0.3, 0.4) is 0 Å². The Balaban J connectivity index is 1.48. The molecule has 1 heterocycles. The summed E-state index contributed by atoms with van der Waals surface area (Å²) in [5.41, 5.74) is 7.36. The number of hydrogen-bond acceptors (Lipinski definition) is 7. The quantitative estimate of drug-likeness (QED) is 0.266. The number of benzene rings is 2. The number of sulfonamides is 1. The largest absolute Gasteiger partial charge is 0.395 e. The van der Waals surface area contributed by atoms with Gasteiger partial charge < -0.3 is 21.1 Å². The van der Waals surface area contributed by atoms with E-state index in [1.807, 2.05) is 30.3 Å². The molecule has 6 N–H and O–H groups in total. The van der Waals surface area contributed by atoms with Crippen molar-refractivity contribution in [1.29, 1.82) is 0 Å². The Kier molecular flexibility index (Phi) is 9.40. The SMILES string of the molecule is CC(C(N)=O)C1C(O)C(O)C(CO)N1CCCCCNS(=O)(=O)c1ccc(-c2ccccc2)cc1. The van der Waals surface area contributed by atoms with E-state index >= 15 is 0 Å². The monoisotopic (exact) mass is 505 g/mol. The van der Waals surface area contributed by atoms with Gasteiger partial charge in [-0.15, -0.1) is 0 Å². The van der Waals surface area contributed by atoms with Gasteiger partial charge in [-0.1, -0.05) is 55.8 Å². The van der Waals surface area contributed by atoms with Crippen LogP contribution >= 0.6 is 0 Å². The van der Waals surface area contributed by atoms with Gasteiger partial charge in [0.15, 0.2) is 0 Å². The summed E-state index contributed by atoms with van der Waals surface area (Å²) in [6.07, 6.45) is -0.471. The van der Waals surface area contributed by atoms with E-state index in [0.717, 1.165) is 11.1 Å². The summed E-state index contributed by atoms with van der Waals surface area (Å²) in [6.45, 7) is 1.92. The number of primary amides is 1. The van der Waals surface area contributed by atoms with E-state index < -0.39 is 46.1 Å². The zero-order valence-electron chi connectivity index (χ0n) is 19.8. The van der Waals surface area contributed by atoms with Crippen molar-refractivity contribution < 1.29 is 28.5 Å². The number of likely N-dealkylation sites (tertiary alicyclic amines) is 1. The van der Waals surface area contributed by atoms with Crippen molar-refractivity contribution in [3.05, 3.63) is 54.6 Å². The lowest BCUT2D eigenvalue weighted by molar-refractivity contribution is -0.124. The Labute approximate surface area is 206 Å². The van der Waals surface area contributed by atoms with Crippen molar-refractivity contribution in [3.8, 4) is 11.1 Å². The highest BCUT2D eigenvalue weighted by Crippen LogP contribution is 2.30. The molecule has 1 fully saturated rings. The Bertz CT molecular complexity index is 1060. The van der Waals surface area contributed by atoms with Gasteiger partial charge in [-0.3, -0.25) is 9.69 Å². The summed E-state index contributed by atoms with van der Waals surface area (Å²) in [5, 5.41) is 30.3. The molecule has 1 amide bonds. The van der Waals surface area contributed by atoms with Gasteiger partial charge in [0.2, 0.25) is 15.9 Å². The molecule has 5 atom stereocenters. The van der Waals surface area contributed by atoms with Crippen molar-refractivity contribution in [2.75, 3.05) is 19.7 Å². The number of carbonyl (C=O) groups is 1. The maximum absolute atomic E-state index is 12.6. The first-order valence-electron chi connectivity index (χ1n) is 11.8. The normalized spacial score (nSPS) is 23.9. The Morgan fingerprint density at radius 1 is 1.00 bits per heavy atom. The smallest absolute Gasteiger partial charge is 0.240 e. The van der Waals surface area contributed by atoms with Crippen molar-refractivity contribution in [1.82, 2.24) is 9.62 Å². The van der Waals surface area contributed by atoms with Crippen molar-refractivity contribution >= 4 is 15.9 Å². The summed E-state index contributed by atoms with van der Waals surface area (Å²) in [5.74, 6) is -1.28. The van der Waals surface area contributed by atoms with E-state index in [4.69, 9.17) is 5.73 Å². The average Bonchev–Trinajstić information content (AvgIpc) is 3.10. The molecule has 0 bridgehead atoms. The number of hydrogen-bond donors (Lipinski definition) is 5. The van der Waals surface area contributed by atoms with Gasteiger partial charge in [-0.05, 0) is 42.6 Å². The second kappa shape index (κ2) is 12.1. The molecule has 2 aromatic rings. The molecule has 2 aromatic carbocycles. The minimum atomic E-state index is -3.63. The zero-order valence-corrected chi connectivity index (χ0v) is 20.6. The number of aliphatic hydroxyl groups is 3. The molecule has 1 aliphatic heterocycles. The molecule has 1 aliphatic rings. The summed E-state index contributed by atoms with van der Waals surface area (Å²) in [4.78, 5) is 13.6. The van der Waals surface area contributed by atoms with Crippen molar-refractivity contribution in [3.63, 3.8) is 0 Å². The summed E-state index contributed by atoms with van der Waals surface area (Å²) < 4.78 is 27.8. The minimum Gasteiger partial charge on any atom is -0.395 e. The molecule has 0 aliphatic carbocycles. The Hall–Kier alpha value is -2.34. The van der Waals surface area contributed by atoms with Crippen LogP contribution in [0.25, 0.3) is 11.1 Å². The zero-order chi connectivity index (χ0) is 25.6. The minimum absolute atomic E-state index is 0.200. The highest BCUT2D eigenvalue weighted by Gasteiger charge is 2.50. The van der Waals surface area contributed by atoms with Crippen LogP contribution in [0.4, 0.5) is 0 Å². The number of nitrogens with one attached hydrogen (secondary N) is 1. The molecule has 5 unspecified atom stereocenters. The van der Waals surface area contributed by atoms with Crippen LogP contribution in [0, 0.1) is 5.92 Å². The standard InChI is InChI=1S/C25H35N3O6S/c1-17(25(26)32)22-24(31)23(30)21(16-29)28(22)15-7-3-6-14-27-35(33,34)20-12-10-19(11-13-20)18-8-4-2-5-9-18/h2,4-5,8-13,17,21-24,27,29-31H,3,6-7,14-16H2,1H3,(H2,26,32). The third-order valence-electron chi connectivity index (χ3n) is 6.71. The fraction of sp³-hybridized carbons (Fsp3) is 0.480. The van der Waals surface area contributed by atoms with Gasteiger partial charge in [0.25, 0.3) is 0 Å². The number of aliphatic hydroxyl groups excluding tert-OH is 3. The first-order chi connectivity index (χ1) is 16.7. The first kappa shape index (κ1) is 27.3. The summed E-state index contributed by atoms with van der Waals surface area (Å²) in [6, 6.07) is 15.1. The van der Waals surface area contributed by atoms with Crippen LogP contribution in [-0.4, -0.2) is 78.5 Å². The van der Waals surface area contributed by atoms with Gasteiger partial charge in [0.1, 0.15) is 0 Å². The third-order valence-corrected chi connectivity index (χ3v) is 8.18. The molecular formula is C25H35N3O6S. The van der Waals surface area contributed by atoms with Gasteiger partial charge >= 0.3 is 0 Å². The third kappa shape index (κ3) is 6.46. The van der Waals surface area contributed by atoms with Crippen molar-refractivity contribution in [2.24, 2.45) is 11.7 Å². The number of unbranched alkanes of at least 4 members (excludes halogenated alkanes) is 2. The van der Waals surface area contributed by atoms with E-state index in [0.29, 0.717) is 25.8 Å². The molecule has 9 nitrogen and oxygen atoms in total. The highest BCUT2D eigenvalue weighted by atomic mass is 32.2. The van der Waals surface area contributed by atoms with Crippen LogP contribution in [0.1, 0.15) is 26.2 Å². The van der Waals surface area contributed by atoms with Crippen LogP contribution in [-0.2, 0) is 14.8 Å². The van der Waals surface area contributed by atoms with Crippen LogP contribution < -0.4 is 10.5 Å². The highest BCUT2D eigenvalue weighted by molar-refractivity contribution is 7.89. The lowest BCUT2D eigenvalue weighted by atomic mass is 9.95. The Morgan fingerprint density at radius 3 is 2.23 bits per heavy atom. The number of rotatable bonds is 12. The molecule has 0 spiro atoms. The molecule has 10 heteroatoms. The number of nitrogens with two attached hydrogens (primary N) is 1. The van der Waals surface area contributed by atoms with Gasteiger partial charge in [0.05, 0.1) is 35.7 Å². The Morgan fingerprint density at radius 2 is 1.63 bits per heavy atom. The predicted octanol–water partition coefficient (Wildman–Crippen LogP) is 0.691. The first-order valence-corrected chi connectivity index (χ1v) is 13.3. The second-order valence-corrected chi connectivity index (χ2v) is 10.8. The maximum atomic E-state index is 12.6. The van der Waals surface area contributed by atoms with Crippen LogP contribution in [0.5, 0.6) is 0 Å². The van der Waals surface area contributed by atoms with Gasteiger partial charge in [0, 0.05) is 12.6 Å². The molecule has 192 valence electrons. The van der Waals surface area contributed by atoms with E-state index in [-0.39, 0.29) is 18.0 Å². The van der Waals surface area contributed by atoms with E-state index in [1.165, 1.54) is 0 Å². The van der Waals surface area contributed by atoms with Crippen molar-refractivity contribution in [2.45, 2.75) is 55.4 Å². The summed E-state index contributed by atoms with van der Waals surface area (Å²) >= 11 is 0. The maximum Gasteiger partial charge on any atom is 0.240 e. The van der Waals surface area contributed by atoms with Gasteiger partial charge in [-0.2, -0.15) is 0 Å². The molecular weight excluding hydrogens is 470 g/mol. The molecule has 35 heavy (non-hydrogen) atoms. The van der Waals surface area contributed by atoms with Crippen LogP contribution in [0.2, 0.25) is 0 Å². The fourth-order valence-corrected chi connectivity index (χ4v) is 5.74. The predicted molar refractivity (Wildman–Crippen MR) is 133 cm³/mol. The average molecular weight is 506 g/mol. The van der Waals surface area contributed by atoms with E-state index in [2.05, 4.69) is 4.72 Å². The molecule has 1 saturated heterocycles. The van der Waals surface area contributed by atoms with E-state index in [1.54, 1.807) is 36.1 Å². The fourth-order valence-electron chi connectivity index (χ4n) is 4.67. The lowest BCUT2D eigenvalue weighted by Gasteiger charge is -2.32. The second-order valence-electron chi connectivity index (χ2n) is 9.00. The topological polar surface area (TPSA) is 153 Å². The molecule has 3 rings (SSSR count). The molecule has 0 saturated carbocycles. The number of nitrogens with zero attached hydrogens (tertiary/aromatic N) is 1. The lowest BCUT2D eigenvalue weighted by Crippen LogP contribution is -2.48.